The fourth-order valence-electron chi connectivity index (χ4n) is 1.74. The quantitative estimate of drug-likeness (QED) is 0.874. The molecule has 23 heavy (non-hydrogen) atoms. The van der Waals surface area contributed by atoms with E-state index < -0.39 is 27.8 Å². The summed E-state index contributed by atoms with van der Waals surface area (Å²) >= 11 is 0. The second-order valence-corrected chi connectivity index (χ2v) is 7.13. The van der Waals surface area contributed by atoms with Gasteiger partial charge in [-0.05, 0) is 25.1 Å². The summed E-state index contributed by atoms with van der Waals surface area (Å²) in [5.41, 5.74) is 0.318. The van der Waals surface area contributed by atoms with Crippen LogP contribution in [-0.4, -0.2) is 25.5 Å². The summed E-state index contributed by atoms with van der Waals surface area (Å²) < 4.78 is 30.4. The zero-order valence-corrected chi connectivity index (χ0v) is 13.9. The first-order valence-corrected chi connectivity index (χ1v) is 8.51. The van der Waals surface area contributed by atoms with Crippen LogP contribution in [-0.2, 0) is 21.3 Å². The van der Waals surface area contributed by atoms with Crippen LogP contribution in [0.2, 0.25) is 0 Å². The average molecular weight is 339 g/mol. The Kier molecular flexibility index (Phi) is 5.59. The van der Waals surface area contributed by atoms with Gasteiger partial charge < -0.3 is 9.84 Å². The van der Waals surface area contributed by atoms with Crippen LogP contribution in [0.3, 0.4) is 0 Å². The normalized spacial score (nSPS) is 13.8. The molecule has 1 amide bonds. The summed E-state index contributed by atoms with van der Waals surface area (Å²) in [5.74, 6) is -0.0422. The number of carbonyl (C=O) groups is 1. The van der Waals surface area contributed by atoms with E-state index >= 15 is 0 Å². The summed E-state index contributed by atoms with van der Waals surface area (Å²) in [6.45, 7) is 5.37. The maximum absolute atomic E-state index is 13.1. The van der Waals surface area contributed by atoms with Gasteiger partial charge in [0.2, 0.25) is 11.8 Å². The van der Waals surface area contributed by atoms with Crippen LogP contribution in [0.25, 0.3) is 0 Å². The molecule has 2 aromatic rings. The molecule has 8 heteroatoms. The number of benzene rings is 1. The largest absolute Gasteiger partial charge is 0.338 e. The maximum Gasteiger partial charge on any atom is 0.239 e. The molecule has 0 aliphatic carbocycles. The molecule has 0 bridgehead atoms. The highest BCUT2D eigenvalue weighted by Gasteiger charge is 2.23. The van der Waals surface area contributed by atoms with Crippen molar-refractivity contribution >= 4 is 22.4 Å². The summed E-state index contributed by atoms with van der Waals surface area (Å²) in [6.07, 6.45) is 0. The van der Waals surface area contributed by atoms with E-state index in [1.54, 1.807) is 6.07 Å². The van der Waals surface area contributed by atoms with Gasteiger partial charge in [-0.1, -0.05) is 25.1 Å². The van der Waals surface area contributed by atoms with Gasteiger partial charge in [0.1, 0.15) is 16.8 Å². The molecule has 0 saturated carbocycles. The molecule has 0 saturated heterocycles. The van der Waals surface area contributed by atoms with Crippen molar-refractivity contribution in [3.63, 3.8) is 0 Å². The smallest absolute Gasteiger partial charge is 0.239 e. The molecule has 124 valence electrons. The third kappa shape index (κ3) is 4.69. The Hall–Kier alpha value is -2.09. The molecule has 1 aromatic heterocycles. The van der Waals surface area contributed by atoms with Gasteiger partial charge in [0.05, 0.1) is 0 Å². The number of halogens is 1. The first-order valence-electron chi connectivity index (χ1n) is 7.13. The van der Waals surface area contributed by atoms with Crippen LogP contribution >= 0.6 is 0 Å². The van der Waals surface area contributed by atoms with Crippen LogP contribution in [0.5, 0.6) is 0 Å². The fraction of sp³-hybridized carbons (Fsp3) is 0.400. The summed E-state index contributed by atoms with van der Waals surface area (Å²) in [5, 5.41) is 5.52. The van der Waals surface area contributed by atoms with Crippen molar-refractivity contribution in [2.24, 2.45) is 0 Å². The number of aromatic nitrogens is 2. The topological polar surface area (TPSA) is 85.1 Å². The number of nitrogens with zero attached hydrogens (tertiary/aromatic N) is 2. The van der Waals surface area contributed by atoms with E-state index in [1.165, 1.54) is 25.1 Å². The minimum absolute atomic E-state index is 0.00252. The molecular formula is C15H18FN3O3S. The zero-order valence-electron chi connectivity index (χ0n) is 13.1. The van der Waals surface area contributed by atoms with Gasteiger partial charge in [-0.25, -0.2) is 4.39 Å². The van der Waals surface area contributed by atoms with E-state index in [9.17, 15) is 13.4 Å². The molecule has 1 N–H and O–H groups in total. The Morgan fingerprint density at radius 3 is 2.74 bits per heavy atom. The Bertz CT molecular complexity index is 717. The Balaban J connectivity index is 1.96. The highest BCUT2D eigenvalue weighted by molar-refractivity contribution is 7.85. The minimum atomic E-state index is -1.53. The van der Waals surface area contributed by atoms with Gasteiger partial charge in [-0.2, -0.15) is 4.98 Å². The standard InChI is InChI=1S/C15H18FN3O3S/c1-9(2)14-18-13(22-19-14)8-23(21)10(3)15(20)17-12-6-4-5-11(16)7-12/h4-7,9-10H,8H2,1-3H3,(H,17,20)/t10-,23-/m1/s1. The van der Waals surface area contributed by atoms with E-state index in [4.69, 9.17) is 4.52 Å². The number of amides is 1. The Morgan fingerprint density at radius 1 is 1.39 bits per heavy atom. The van der Waals surface area contributed by atoms with E-state index in [2.05, 4.69) is 15.5 Å². The second kappa shape index (κ2) is 7.45. The van der Waals surface area contributed by atoms with E-state index in [-0.39, 0.29) is 17.6 Å². The molecule has 0 aliphatic heterocycles. The lowest BCUT2D eigenvalue weighted by Crippen LogP contribution is -2.29. The zero-order chi connectivity index (χ0) is 17.0. The molecule has 0 unspecified atom stereocenters. The van der Waals surface area contributed by atoms with Gasteiger partial charge in [-0.15, -0.1) is 0 Å². The highest BCUT2D eigenvalue weighted by atomic mass is 32.2. The number of rotatable bonds is 6. The van der Waals surface area contributed by atoms with E-state index in [0.717, 1.165) is 0 Å². The molecule has 0 fully saturated rings. The molecule has 1 heterocycles. The summed E-state index contributed by atoms with van der Waals surface area (Å²) in [6, 6.07) is 5.52. The average Bonchev–Trinajstić information content (AvgIpc) is 2.95. The SMILES string of the molecule is CC(C)c1noc(C[S@@](=O)[C@H](C)C(=O)Nc2cccc(F)c2)n1. The molecule has 2 atom stereocenters. The third-order valence-corrected chi connectivity index (χ3v) is 4.66. The lowest BCUT2D eigenvalue weighted by molar-refractivity contribution is -0.115. The first-order chi connectivity index (χ1) is 10.9. The molecular weight excluding hydrogens is 321 g/mol. The Morgan fingerprint density at radius 2 is 2.13 bits per heavy atom. The molecule has 0 radical (unpaired) electrons. The lowest BCUT2D eigenvalue weighted by atomic mass is 10.2. The van der Waals surface area contributed by atoms with Gasteiger partial charge >= 0.3 is 0 Å². The molecule has 0 aliphatic rings. The monoisotopic (exact) mass is 339 g/mol. The Labute approximate surface area is 135 Å². The first kappa shape index (κ1) is 17.3. The molecule has 6 nitrogen and oxygen atoms in total. The van der Waals surface area contributed by atoms with Crippen LogP contribution < -0.4 is 5.32 Å². The predicted molar refractivity (Wildman–Crippen MR) is 84.7 cm³/mol. The van der Waals surface area contributed by atoms with Crippen molar-refractivity contribution < 1.29 is 17.9 Å². The second-order valence-electron chi connectivity index (χ2n) is 5.37. The van der Waals surface area contributed by atoms with Crippen molar-refractivity contribution in [3.05, 3.63) is 41.8 Å². The van der Waals surface area contributed by atoms with Crippen molar-refractivity contribution in [1.82, 2.24) is 10.1 Å². The molecule has 1 aromatic carbocycles. The maximum atomic E-state index is 13.1. The van der Waals surface area contributed by atoms with Gasteiger partial charge in [0, 0.05) is 22.4 Å². The summed E-state index contributed by atoms with van der Waals surface area (Å²) in [4.78, 5) is 16.2. The number of anilines is 1. The van der Waals surface area contributed by atoms with Crippen molar-refractivity contribution in [1.29, 1.82) is 0 Å². The number of nitrogens with one attached hydrogen (secondary N) is 1. The lowest BCUT2D eigenvalue weighted by Gasteiger charge is -2.11. The van der Waals surface area contributed by atoms with E-state index in [1.807, 2.05) is 13.8 Å². The van der Waals surface area contributed by atoms with Crippen molar-refractivity contribution in [2.75, 3.05) is 5.32 Å². The summed E-state index contributed by atoms with van der Waals surface area (Å²) in [7, 11) is -1.53. The number of carbonyl (C=O) groups excluding carboxylic acids is 1. The van der Waals surface area contributed by atoms with Crippen molar-refractivity contribution in [2.45, 2.75) is 37.7 Å². The minimum Gasteiger partial charge on any atom is -0.338 e. The predicted octanol–water partition coefficient (Wildman–Crippen LogP) is 2.61. The van der Waals surface area contributed by atoms with Gasteiger partial charge in [0.25, 0.3) is 0 Å². The van der Waals surface area contributed by atoms with Crippen LogP contribution in [0, 0.1) is 5.82 Å². The third-order valence-electron chi connectivity index (χ3n) is 3.12. The molecule has 0 spiro atoms. The molecule has 2 rings (SSSR count). The van der Waals surface area contributed by atoms with Crippen LogP contribution in [0.1, 0.15) is 38.4 Å². The number of hydrogen-bond acceptors (Lipinski definition) is 5. The highest BCUT2D eigenvalue weighted by Crippen LogP contribution is 2.14. The van der Waals surface area contributed by atoms with Gasteiger partial charge in [-0.3, -0.25) is 9.00 Å². The van der Waals surface area contributed by atoms with E-state index in [0.29, 0.717) is 11.5 Å². The fourth-order valence-corrected chi connectivity index (χ4v) is 2.65. The van der Waals surface area contributed by atoms with Crippen LogP contribution in [0.4, 0.5) is 10.1 Å². The van der Waals surface area contributed by atoms with Crippen LogP contribution in [0.15, 0.2) is 28.8 Å². The van der Waals surface area contributed by atoms with Gasteiger partial charge in [0.15, 0.2) is 5.82 Å². The number of hydrogen-bond donors (Lipinski definition) is 1. The van der Waals surface area contributed by atoms with Crippen molar-refractivity contribution in [3.8, 4) is 0 Å².